The van der Waals surface area contributed by atoms with E-state index in [0.29, 0.717) is 19.5 Å². The van der Waals surface area contributed by atoms with Crippen molar-refractivity contribution in [1.29, 1.82) is 0 Å². The van der Waals surface area contributed by atoms with Crippen molar-refractivity contribution in [2.45, 2.75) is 6.42 Å². The van der Waals surface area contributed by atoms with Crippen molar-refractivity contribution in [3.05, 3.63) is 0 Å². The van der Waals surface area contributed by atoms with Crippen molar-refractivity contribution in [3.63, 3.8) is 0 Å². The van der Waals surface area contributed by atoms with Crippen LogP contribution in [-0.2, 0) is 9.59 Å². The van der Waals surface area contributed by atoms with Crippen LogP contribution in [-0.4, -0.2) is 36.9 Å². The maximum absolute atomic E-state index is 10.7. The van der Waals surface area contributed by atoms with Crippen molar-refractivity contribution in [1.82, 2.24) is 10.2 Å². The molecule has 10 heavy (non-hydrogen) atoms. The van der Waals surface area contributed by atoms with Crippen LogP contribution in [0.3, 0.4) is 0 Å². The predicted molar refractivity (Wildman–Crippen MR) is 35.3 cm³/mol. The normalized spacial score (nSPS) is 22.1. The minimum atomic E-state index is -0.204. The Kier molecular flexibility index (Phi) is 2.01. The van der Waals surface area contributed by atoms with Crippen LogP contribution < -0.4 is 5.32 Å². The van der Waals surface area contributed by atoms with Gasteiger partial charge in [0.1, 0.15) is 0 Å². The molecule has 0 aromatic rings. The van der Waals surface area contributed by atoms with Gasteiger partial charge in [0.05, 0.1) is 6.54 Å². The Morgan fingerprint density at radius 3 is 2.80 bits per heavy atom. The molecule has 0 aliphatic carbocycles. The van der Waals surface area contributed by atoms with E-state index < -0.39 is 0 Å². The van der Waals surface area contributed by atoms with Gasteiger partial charge in [0.2, 0.25) is 11.8 Å². The third-order valence-electron chi connectivity index (χ3n) is 1.41. The fraction of sp³-hybridized carbons (Fsp3) is 0.667. The summed E-state index contributed by atoms with van der Waals surface area (Å²) < 4.78 is 0. The van der Waals surface area contributed by atoms with E-state index in [0.717, 1.165) is 0 Å². The molecule has 0 aromatic heterocycles. The second-order valence-electron chi connectivity index (χ2n) is 2.46. The number of rotatable bonds is 0. The summed E-state index contributed by atoms with van der Waals surface area (Å²) in [7, 11) is 1.82. The van der Waals surface area contributed by atoms with Gasteiger partial charge in [-0.15, -0.1) is 0 Å². The molecule has 1 N–H and O–H groups in total. The van der Waals surface area contributed by atoms with Crippen LogP contribution in [0.4, 0.5) is 0 Å². The van der Waals surface area contributed by atoms with Gasteiger partial charge in [-0.3, -0.25) is 19.8 Å². The lowest BCUT2D eigenvalue weighted by Gasteiger charge is -2.08. The fourth-order valence-electron chi connectivity index (χ4n) is 0.874. The third-order valence-corrected chi connectivity index (χ3v) is 1.41. The van der Waals surface area contributed by atoms with Gasteiger partial charge in [0.15, 0.2) is 0 Å². The second-order valence-corrected chi connectivity index (χ2v) is 2.46. The first-order valence-electron chi connectivity index (χ1n) is 3.20. The van der Waals surface area contributed by atoms with Crippen LogP contribution in [0.1, 0.15) is 6.42 Å². The van der Waals surface area contributed by atoms with Crippen LogP contribution in [0.5, 0.6) is 0 Å². The molecule has 0 atom stereocenters. The first kappa shape index (κ1) is 7.21. The Morgan fingerprint density at radius 2 is 2.10 bits per heavy atom. The van der Waals surface area contributed by atoms with E-state index in [9.17, 15) is 9.59 Å². The highest BCUT2D eigenvalue weighted by Crippen LogP contribution is 1.92. The number of nitrogens with one attached hydrogen (secondary N) is 1. The molecule has 1 rings (SSSR count). The number of nitrogens with zero attached hydrogens (tertiary/aromatic N) is 1. The number of imide groups is 1. The average molecular weight is 142 g/mol. The molecular weight excluding hydrogens is 132 g/mol. The van der Waals surface area contributed by atoms with Crippen LogP contribution >= 0.6 is 0 Å². The highest BCUT2D eigenvalue weighted by atomic mass is 16.2. The van der Waals surface area contributed by atoms with Gasteiger partial charge in [-0.1, -0.05) is 0 Å². The summed E-state index contributed by atoms with van der Waals surface area (Å²) in [6, 6.07) is 0. The molecule has 0 spiro atoms. The van der Waals surface area contributed by atoms with E-state index in [2.05, 4.69) is 5.32 Å². The van der Waals surface area contributed by atoms with E-state index >= 15 is 0 Å². The summed E-state index contributed by atoms with van der Waals surface area (Å²) >= 11 is 0. The molecule has 56 valence electrons. The zero-order valence-corrected chi connectivity index (χ0v) is 5.89. The molecule has 0 unspecified atom stereocenters. The van der Waals surface area contributed by atoms with Crippen molar-refractivity contribution >= 4 is 11.8 Å². The Bertz CT molecular complexity index is 167. The Balaban J connectivity index is 2.54. The van der Waals surface area contributed by atoms with Gasteiger partial charge in [-0.05, 0) is 7.05 Å². The fourth-order valence-corrected chi connectivity index (χ4v) is 0.874. The first-order valence-corrected chi connectivity index (χ1v) is 3.20. The SMILES string of the molecule is CN1CCC(=O)NC(=O)C1. The first-order chi connectivity index (χ1) is 4.68. The second kappa shape index (κ2) is 2.79. The number of likely N-dealkylation sites (N-methyl/N-ethyl adjacent to an activating group) is 1. The maximum atomic E-state index is 10.7. The van der Waals surface area contributed by atoms with Crippen molar-refractivity contribution in [2.75, 3.05) is 20.1 Å². The predicted octanol–water partition coefficient (Wildman–Crippen LogP) is -1.04. The zero-order valence-electron chi connectivity index (χ0n) is 5.89. The molecule has 1 aliphatic rings. The molecule has 0 radical (unpaired) electrons. The largest absolute Gasteiger partial charge is 0.297 e. The quantitative estimate of drug-likeness (QED) is 0.440. The summed E-state index contributed by atoms with van der Waals surface area (Å²) in [4.78, 5) is 23.2. The van der Waals surface area contributed by atoms with Gasteiger partial charge in [-0.2, -0.15) is 0 Å². The highest BCUT2D eigenvalue weighted by molar-refractivity contribution is 5.96. The van der Waals surface area contributed by atoms with Crippen molar-refractivity contribution < 1.29 is 9.59 Å². The minimum absolute atomic E-state index is 0.172. The van der Waals surface area contributed by atoms with Gasteiger partial charge >= 0.3 is 0 Å². The molecule has 0 saturated carbocycles. The lowest BCUT2D eigenvalue weighted by Crippen LogP contribution is -2.32. The highest BCUT2D eigenvalue weighted by Gasteiger charge is 2.15. The summed E-state index contributed by atoms with van der Waals surface area (Å²) in [5.41, 5.74) is 0. The topological polar surface area (TPSA) is 49.4 Å². The van der Waals surface area contributed by atoms with Gasteiger partial charge in [-0.25, -0.2) is 0 Å². The van der Waals surface area contributed by atoms with Crippen molar-refractivity contribution in [3.8, 4) is 0 Å². The molecule has 4 nitrogen and oxygen atoms in total. The zero-order chi connectivity index (χ0) is 7.56. The molecule has 2 amide bonds. The molecule has 0 bridgehead atoms. The standard InChI is InChI=1S/C6H10N2O2/c1-8-3-2-5(9)7-6(10)4-8/h2-4H2,1H3,(H,7,9,10). The van der Waals surface area contributed by atoms with E-state index in [1.807, 2.05) is 11.9 Å². The Morgan fingerprint density at radius 1 is 1.40 bits per heavy atom. The van der Waals surface area contributed by atoms with E-state index in [-0.39, 0.29) is 11.8 Å². The molecule has 4 heteroatoms. The Hall–Kier alpha value is -0.900. The number of hydrogen-bond acceptors (Lipinski definition) is 3. The molecule has 1 saturated heterocycles. The number of carbonyl (C=O) groups excluding carboxylic acids is 2. The summed E-state index contributed by atoms with van der Waals surface area (Å²) in [6.45, 7) is 0.989. The number of hydrogen-bond donors (Lipinski definition) is 1. The number of amides is 2. The smallest absolute Gasteiger partial charge is 0.240 e. The third kappa shape index (κ3) is 1.80. The lowest BCUT2D eigenvalue weighted by atomic mass is 10.4. The van der Waals surface area contributed by atoms with Crippen LogP contribution in [0.25, 0.3) is 0 Å². The van der Waals surface area contributed by atoms with Crippen LogP contribution in [0, 0.1) is 0 Å². The molecule has 1 fully saturated rings. The summed E-state index contributed by atoms with van der Waals surface area (Å²) in [5.74, 6) is -0.376. The van der Waals surface area contributed by atoms with Gasteiger partial charge in [0, 0.05) is 13.0 Å². The Labute approximate surface area is 59.2 Å². The molecule has 0 aromatic carbocycles. The maximum Gasteiger partial charge on any atom is 0.240 e. The van der Waals surface area contributed by atoms with E-state index in [4.69, 9.17) is 0 Å². The minimum Gasteiger partial charge on any atom is -0.297 e. The van der Waals surface area contributed by atoms with E-state index in [1.54, 1.807) is 0 Å². The summed E-state index contributed by atoms with van der Waals surface area (Å²) in [5, 5.41) is 2.25. The lowest BCUT2D eigenvalue weighted by molar-refractivity contribution is -0.129. The molecule has 1 heterocycles. The molecular formula is C6H10N2O2. The monoisotopic (exact) mass is 142 g/mol. The van der Waals surface area contributed by atoms with Gasteiger partial charge in [0.25, 0.3) is 0 Å². The number of carbonyl (C=O) groups is 2. The summed E-state index contributed by atoms with van der Waals surface area (Å²) in [6.07, 6.45) is 0.419. The van der Waals surface area contributed by atoms with Gasteiger partial charge < -0.3 is 0 Å². The van der Waals surface area contributed by atoms with Crippen LogP contribution in [0.15, 0.2) is 0 Å². The molecule has 1 aliphatic heterocycles. The van der Waals surface area contributed by atoms with E-state index in [1.165, 1.54) is 0 Å². The average Bonchev–Trinajstić information content (AvgIpc) is 1.93. The van der Waals surface area contributed by atoms with Crippen molar-refractivity contribution in [2.24, 2.45) is 0 Å². The van der Waals surface area contributed by atoms with Crippen LogP contribution in [0.2, 0.25) is 0 Å².